The predicted octanol–water partition coefficient (Wildman–Crippen LogP) is -1.22. The first-order valence-corrected chi connectivity index (χ1v) is 19.6. The van der Waals surface area contributed by atoms with E-state index in [9.17, 15) is 51.1 Å². The van der Waals surface area contributed by atoms with Crippen molar-refractivity contribution in [1.29, 1.82) is 0 Å². The Kier molecular flexibility index (Phi) is 17.6. The topological polar surface area (TPSA) is 276 Å². The maximum absolute atomic E-state index is 11.5. The Hall–Kier alpha value is -1.50. The molecule has 4 saturated heterocycles. The Morgan fingerprint density at radius 3 is 1.67 bits per heavy atom. The lowest BCUT2D eigenvalue weighted by Crippen LogP contribution is -2.66. The summed E-state index contributed by atoms with van der Waals surface area (Å²) in [4.78, 5) is 0. The van der Waals surface area contributed by atoms with E-state index in [0.29, 0.717) is 12.8 Å². The molecular weight excluding hydrogens is 756 g/mol. The Balaban J connectivity index is 1.51. The lowest BCUT2D eigenvalue weighted by atomic mass is 9.95. The molecule has 10 N–H and O–H groups in total. The van der Waals surface area contributed by atoms with Crippen LogP contribution in [0, 0.1) is 0 Å². The minimum absolute atomic E-state index is 0.403. The van der Waals surface area contributed by atoms with Crippen LogP contribution < -0.4 is 0 Å². The van der Waals surface area contributed by atoms with Crippen molar-refractivity contribution in [3.8, 4) is 0 Å². The zero-order valence-electron chi connectivity index (χ0n) is 33.8. The second-order valence-electron chi connectivity index (χ2n) is 16.2. The molecule has 4 fully saturated rings. The molecule has 57 heavy (non-hydrogen) atoms. The van der Waals surface area contributed by atoms with Gasteiger partial charge in [-0.2, -0.15) is 0 Å². The van der Waals surface area contributed by atoms with Gasteiger partial charge in [0.15, 0.2) is 25.2 Å². The molecule has 0 saturated carbocycles. The fraction of sp³-hybridized carbons (Fsp3) is 0.846. The molecule has 0 bridgehead atoms. The van der Waals surface area contributed by atoms with Crippen molar-refractivity contribution in [2.75, 3.05) is 6.61 Å². The third-order valence-electron chi connectivity index (χ3n) is 11.1. The number of allylic oxidation sites excluding steroid dienone is 4. The standard InChI is InChI=1S/C39H66O18/c1-9-39(8,15-11-14-18(4)13-10-12-17(2)3)57-38-34(28(45)25(42)22(54-38)16-50-35-30(47)26(43)23(40)19(5)51-35)56-37-32(49)29(46)33(21(7)53-37)55-36-31(48)27(44)24(41)20(6)52-36/h9,12,14,19-38,40-49H,1,10-11,13,15-16H2,2-8H3. The summed E-state index contributed by atoms with van der Waals surface area (Å²) in [7, 11) is 0. The third-order valence-corrected chi connectivity index (χ3v) is 11.1. The van der Waals surface area contributed by atoms with E-state index in [1.807, 2.05) is 20.8 Å². The minimum Gasteiger partial charge on any atom is -0.388 e. The van der Waals surface area contributed by atoms with E-state index in [1.54, 1.807) is 13.0 Å². The number of ether oxygens (including phenoxy) is 8. The van der Waals surface area contributed by atoms with Crippen LogP contribution in [-0.2, 0) is 37.9 Å². The zero-order valence-corrected chi connectivity index (χ0v) is 33.8. The summed E-state index contributed by atoms with van der Waals surface area (Å²) in [5, 5.41) is 107. The molecule has 4 aliphatic rings. The number of aliphatic hydroxyl groups is 10. The van der Waals surface area contributed by atoms with Crippen molar-refractivity contribution in [2.45, 2.75) is 203 Å². The van der Waals surface area contributed by atoms with E-state index < -0.39 is 135 Å². The van der Waals surface area contributed by atoms with Crippen LogP contribution in [-0.4, -0.2) is 186 Å². The summed E-state index contributed by atoms with van der Waals surface area (Å²) in [5.74, 6) is 0. The minimum atomic E-state index is -1.84. The molecule has 0 spiro atoms. The van der Waals surface area contributed by atoms with Gasteiger partial charge in [-0.25, -0.2) is 0 Å². The van der Waals surface area contributed by atoms with Gasteiger partial charge in [0.05, 0.1) is 30.5 Å². The monoisotopic (exact) mass is 822 g/mol. The highest BCUT2D eigenvalue weighted by Crippen LogP contribution is 2.35. The molecule has 0 radical (unpaired) electrons. The van der Waals surface area contributed by atoms with Crippen LogP contribution in [0.15, 0.2) is 36.0 Å². The fourth-order valence-corrected chi connectivity index (χ4v) is 7.14. The smallest absolute Gasteiger partial charge is 0.188 e. The van der Waals surface area contributed by atoms with Crippen molar-refractivity contribution in [2.24, 2.45) is 0 Å². The molecule has 18 nitrogen and oxygen atoms in total. The van der Waals surface area contributed by atoms with Gasteiger partial charge < -0.3 is 89.0 Å². The molecule has 4 aliphatic heterocycles. The van der Waals surface area contributed by atoms with Gasteiger partial charge >= 0.3 is 0 Å². The Morgan fingerprint density at radius 1 is 0.579 bits per heavy atom. The highest BCUT2D eigenvalue weighted by Gasteiger charge is 2.54. The van der Waals surface area contributed by atoms with E-state index in [-0.39, 0.29) is 0 Å². The average molecular weight is 823 g/mol. The summed E-state index contributed by atoms with van der Waals surface area (Å²) < 4.78 is 47.0. The summed E-state index contributed by atoms with van der Waals surface area (Å²) in [5.41, 5.74) is 1.30. The normalized spacial score (nSPS) is 45.6. The highest BCUT2D eigenvalue weighted by atomic mass is 16.8. The van der Waals surface area contributed by atoms with Crippen LogP contribution in [0.25, 0.3) is 0 Å². The first-order chi connectivity index (χ1) is 26.7. The number of hydrogen-bond donors (Lipinski definition) is 10. The van der Waals surface area contributed by atoms with Crippen molar-refractivity contribution in [1.82, 2.24) is 0 Å². The molecule has 18 heteroatoms. The van der Waals surface area contributed by atoms with E-state index >= 15 is 0 Å². The molecule has 4 rings (SSSR count). The lowest BCUT2D eigenvalue weighted by molar-refractivity contribution is -0.388. The summed E-state index contributed by atoms with van der Waals surface area (Å²) in [6, 6.07) is 0. The van der Waals surface area contributed by atoms with Crippen molar-refractivity contribution < 1.29 is 89.0 Å². The molecule has 21 atom stereocenters. The van der Waals surface area contributed by atoms with Crippen LogP contribution in [0.4, 0.5) is 0 Å². The van der Waals surface area contributed by atoms with Gasteiger partial charge in [-0.1, -0.05) is 29.4 Å². The zero-order chi connectivity index (χ0) is 42.5. The predicted molar refractivity (Wildman–Crippen MR) is 199 cm³/mol. The maximum Gasteiger partial charge on any atom is 0.188 e. The molecule has 0 aromatic carbocycles. The van der Waals surface area contributed by atoms with Crippen molar-refractivity contribution in [3.05, 3.63) is 36.0 Å². The second-order valence-corrected chi connectivity index (χ2v) is 16.2. The highest BCUT2D eigenvalue weighted by molar-refractivity contribution is 5.05. The first kappa shape index (κ1) is 48.2. The number of aliphatic hydroxyl groups excluding tert-OH is 10. The van der Waals surface area contributed by atoms with Crippen molar-refractivity contribution >= 4 is 0 Å². The van der Waals surface area contributed by atoms with Gasteiger partial charge in [-0.05, 0) is 74.1 Å². The van der Waals surface area contributed by atoms with Crippen LogP contribution >= 0.6 is 0 Å². The second kappa shape index (κ2) is 20.8. The Labute approximate surface area is 333 Å². The third kappa shape index (κ3) is 11.9. The Morgan fingerprint density at radius 2 is 1.09 bits per heavy atom. The summed E-state index contributed by atoms with van der Waals surface area (Å²) >= 11 is 0. The first-order valence-electron chi connectivity index (χ1n) is 19.6. The molecule has 21 unspecified atom stereocenters. The largest absolute Gasteiger partial charge is 0.388 e. The van der Waals surface area contributed by atoms with E-state index in [2.05, 4.69) is 18.7 Å². The van der Waals surface area contributed by atoms with E-state index in [4.69, 9.17) is 37.9 Å². The summed E-state index contributed by atoms with van der Waals surface area (Å²) in [6.07, 6.45) is -21.0. The average Bonchev–Trinajstić information content (AvgIpc) is 3.16. The van der Waals surface area contributed by atoms with Crippen LogP contribution in [0.5, 0.6) is 0 Å². The molecule has 4 heterocycles. The van der Waals surface area contributed by atoms with Gasteiger partial charge in [-0.3, -0.25) is 0 Å². The molecule has 330 valence electrons. The maximum atomic E-state index is 11.5. The van der Waals surface area contributed by atoms with Crippen molar-refractivity contribution in [3.63, 3.8) is 0 Å². The van der Waals surface area contributed by atoms with Gasteiger partial charge in [0.2, 0.25) is 0 Å². The molecule has 0 aromatic heterocycles. The van der Waals surface area contributed by atoms with Gasteiger partial charge in [0.25, 0.3) is 0 Å². The molecule has 0 amide bonds. The van der Waals surface area contributed by atoms with Gasteiger partial charge in [-0.15, -0.1) is 6.58 Å². The quantitative estimate of drug-likeness (QED) is 0.0817. The van der Waals surface area contributed by atoms with E-state index in [1.165, 1.54) is 31.9 Å². The summed E-state index contributed by atoms with van der Waals surface area (Å²) in [6.45, 7) is 15.7. The van der Waals surface area contributed by atoms with Gasteiger partial charge in [0, 0.05) is 0 Å². The molecule has 0 aliphatic carbocycles. The number of hydrogen-bond acceptors (Lipinski definition) is 18. The Bertz CT molecular complexity index is 1330. The van der Waals surface area contributed by atoms with Crippen LogP contribution in [0.1, 0.15) is 74.1 Å². The van der Waals surface area contributed by atoms with E-state index in [0.717, 1.165) is 12.8 Å². The molecule has 0 aromatic rings. The molecular formula is C39H66O18. The van der Waals surface area contributed by atoms with Crippen LogP contribution in [0.2, 0.25) is 0 Å². The lowest BCUT2D eigenvalue weighted by Gasteiger charge is -2.49. The fourth-order valence-electron chi connectivity index (χ4n) is 7.14. The van der Waals surface area contributed by atoms with Crippen LogP contribution in [0.3, 0.4) is 0 Å². The SMILES string of the molecule is C=CC(C)(CCC=C(C)CCC=C(C)C)OC1OC(COC2OC(C)C(O)C(O)C2O)C(O)C(O)C1OC1OC(C)C(OC2OC(C)C(O)C(O)C2O)C(O)C1O. The number of rotatable bonds is 16. The van der Waals surface area contributed by atoms with Gasteiger partial charge in [0.1, 0.15) is 79.4 Å².